The molecule has 1 aliphatic carbocycles. The van der Waals surface area contributed by atoms with Crippen LogP contribution in [0.15, 0.2) is 22.3 Å². The van der Waals surface area contributed by atoms with Crippen LogP contribution in [-0.2, 0) is 14.8 Å². The second-order valence-electron chi connectivity index (χ2n) is 10.3. The van der Waals surface area contributed by atoms with Gasteiger partial charge in [0.05, 0.1) is 10.6 Å². The van der Waals surface area contributed by atoms with Crippen LogP contribution >= 0.6 is 0 Å². The molecule has 2 fully saturated rings. The zero-order valence-electron chi connectivity index (χ0n) is 18.9. The molecule has 30 heavy (non-hydrogen) atoms. The van der Waals surface area contributed by atoms with Crippen molar-refractivity contribution in [1.29, 1.82) is 0 Å². The molecule has 4 atom stereocenters. The number of carbonyl (C=O) groups excluding carboxylic acids is 1. The highest BCUT2D eigenvalue weighted by atomic mass is 32.2. The number of likely N-dealkylation sites (tertiary alicyclic amines) is 1. The van der Waals surface area contributed by atoms with Crippen molar-refractivity contribution < 1.29 is 13.2 Å². The summed E-state index contributed by atoms with van der Waals surface area (Å²) in [6, 6.07) is 0.129. The lowest BCUT2D eigenvalue weighted by atomic mass is 9.86. The van der Waals surface area contributed by atoms with E-state index in [1.807, 2.05) is 17.9 Å². The number of piperidine rings is 2. The first-order chi connectivity index (χ1) is 14.2. The number of allylic oxidation sites excluding steroid dienone is 1. The Morgan fingerprint density at radius 2 is 1.70 bits per heavy atom. The van der Waals surface area contributed by atoms with Crippen LogP contribution in [0.4, 0.5) is 0 Å². The molecule has 3 heterocycles. The van der Waals surface area contributed by atoms with Gasteiger partial charge in [0.15, 0.2) is 0 Å². The van der Waals surface area contributed by atoms with Gasteiger partial charge >= 0.3 is 0 Å². The van der Waals surface area contributed by atoms with Crippen LogP contribution in [0.1, 0.15) is 59.8 Å². The second-order valence-corrected chi connectivity index (χ2v) is 12.3. The summed E-state index contributed by atoms with van der Waals surface area (Å²) in [5.74, 6) is 1.82. The summed E-state index contributed by atoms with van der Waals surface area (Å²) in [6.45, 7) is 11.5. The Hall–Kier alpha value is -1.34. The lowest BCUT2D eigenvalue weighted by Gasteiger charge is -2.35. The van der Waals surface area contributed by atoms with Gasteiger partial charge in [-0.2, -0.15) is 4.31 Å². The van der Waals surface area contributed by atoms with E-state index in [1.165, 1.54) is 6.42 Å². The van der Waals surface area contributed by atoms with E-state index < -0.39 is 10.0 Å². The van der Waals surface area contributed by atoms with Crippen molar-refractivity contribution in [2.45, 2.75) is 65.8 Å². The molecule has 0 aromatic heterocycles. The van der Waals surface area contributed by atoms with Crippen molar-refractivity contribution in [3.05, 3.63) is 22.3 Å². The standard InChI is InChI=1S/C23H37N3O3S/c1-15-7-9-26(10-8-15)30(28,29)19-5-6-21-20(12-19)18(4)22(24-21)23(27)25-13-16(2)11-17(3)14-25/h5,15-17,20-21,24H,6-14H2,1-4H3. The molecule has 0 aromatic rings. The Kier molecular flexibility index (Phi) is 6.05. The first-order valence-electron chi connectivity index (χ1n) is 11.6. The van der Waals surface area contributed by atoms with Gasteiger partial charge in [-0.15, -0.1) is 0 Å². The molecule has 4 rings (SSSR count). The smallest absolute Gasteiger partial charge is 0.269 e. The Bertz CT molecular complexity index is 845. The van der Waals surface area contributed by atoms with Crippen molar-refractivity contribution >= 4 is 15.9 Å². The molecule has 0 saturated carbocycles. The van der Waals surface area contributed by atoms with Crippen molar-refractivity contribution in [2.24, 2.45) is 23.7 Å². The van der Waals surface area contributed by atoms with Crippen LogP contribution < -0.4 is 5.32 Å². The van der Waals surface area contributed by atoms with E-state index in [9.17, 15) is 13.2 Å². The highest BCUT2D eigenvalue weighted by Crippen LogP contribution is 2.40. The predicted octanol–water partition coefficient (Wildman–Crippen LogP) is 3.09. The minimum Gasteiger partial charge on any atom is -0.377 e. The number of nitrogens with zero attached hydrogens (tertiary/aromatic N) is 2. The van der Waals surface area contributed by atoms with E-state index >= 15 is 0 Å². The lowest BCUT2D eigenvalue weighted by molar-refractivity contribution is -0.130. The third kappa shape index (κ3) is 4.07. The number of rotatable bonds is 3. The highest BCUT2D eigenvalue weighted by Gasteiger charge is 2.42. The summed E-state index contributed by atoms with van der Waals surface area (Å²) >= 11 is 0. The summed E-state index contributed by atoms with van der Waals surface area (Å²) in [5, 5.41) is 3.46. The average Bonchev–Trinajstić information content (AvgIpc) is 3.03. The fourth-order valence-corrected chi connectivity index (χ4v) is 7.50. The molecule has 1 N–H and O–H groups in total. The topological polar surface area (TPSA) is 69.7 Å². The number of fused-ring (bicyclic) bond motifs is 1. The summed E-state index contributed by atoms with van der Waals surface area (Å²) in [7, 11) is -3.39. The average molecular weight is 436 g/mol. The minimum absolute atomic E-state index is 0.0853. The van der Waals surface area contributed by atoms with Crippen LogP contribution in [0.2, 0.25) is 0 Å². The molecule has 3 aliphatic heterocycles. The molecular formula is C23H37N3O3S. The maximum absolute atomic E-state index is 13.3. The molecule has 0 bridgehead atoms. The zero-order valence-corrected chi connectivity index (χ0v) is 19.7. The fraction of sp³-hybridized carbons (Fsp3) is 0.783. The number of hydrogen-bond acceptors (Lipinski definition) is 4. The Morgan fingerprint density at radius 3 is 2.33 bits per heavy atom. The molecule has 4 unspecified atom stereocenters. The van der Waals surface area contributed by atoms with Crippen LogP contribution in [0.5, 0.6) is 0 Å². The maximum Gasteiger partial charge on any atom is 0.269 e. The predicted molar refractivity (Wildman–Crippen MR) is 119 cm³/mol. The largest absolute Gasteiger partial charge is 0.377 e. The normalized spacial score (nSPS) is 33.9. The number of sulfonamides is 1. The van der Waals surface area contributed by atoms with Crippen molar-refractivity contribution in [3.8, 4) is 0 Å². The molecule has 0 aromatic carbocycles. The van der Waals surface area contributed by atoms with E-state index in [1.54, 1.807) is 4.31 Å². The molecule has 6 nitrogen and oxygen atoms in total. The van der Waals surface area contributed by atoms with Gasteiger partial charge in [-0.05, 0) is 62.4 Å². The minimum atomic E-state index is -3.39. The van der Waals surface area contributed by atoms with Gasteiger partial charge in [0.2, 0.25) is 10.0 Å². The molecule has 168 valence electrons. The third-order valence-electron chi connectivity index (χ3n) is 7.57. The summed E-state index contributed by atoms with van der Waals surface area (Å²) in [4.78, 5) is 15.8. The summed E-state index contributed by atoms with van der Waals surface area (Å²) < 4.78 is 28.1. The van der Waals surface area contributed by atoms with Gasteiger partial charge in [0, 0.05) is 38.1 Å². The van der Waals surface area contributed by atoms with Gasteiger partial charge in [-0.25, -0.2) is 8.42 Å². The number of amides is 1. The molecule has 4 aliphatic rings. The quantitative estimate of drug-likeness (QED) is 0.740. The fourth-order valence-electron chi connectivity index (χ4n) is 5.78. The summed E-state index contributed by atoms with van der Waals surface area (Å²) in [6.07, 6.45) is 6.09. The van der Waals surface area contributed by atoms with Crippen LogP contribution in [0.25, 0.3) is 0 Å². The van der Waals surface area contributed by atoms with Gasteiger partial charge in [0.25, 0.3) is 5.91 Å². The third-order valence-corrected chi connectivity index (χ3v) is 9.61. The van der Waals surface area contributed by atoms with Crippen molar-refractivity contribution in [3.63, 3.8) is 0 Å². The number of nitrogens with one attached hydrogen (secondary N) is 1. The van der Waals surface area contributed by atoms with E-state index in [0.29, 0.717) is 54.3 Å². The molecule has 7 heteroatoms. The Morgan fingerprint density at radius 1 is 1.07 bits per heavy atom. The summed E-state index contributed by atoms with van der Waals surface area (Å²) in [5.41, 5.74) is 1.74. The Balaban J connectivity index is 1.48. The van der Waals surface area contributed by atoms with Gasteiger partial charge < -0.3 is 10.2 Å². The second kappa shape index (κ2) is 8.30. The van der Waals surface area contributed by atoms with Gasteiger partial charge in [-0.3, -0.25) is 4.79 Å². The van der Waals surface area contributed by atoms with Gasteiger partial charge in [-0.1, -0.05) is 26.8 Å². The van der Waals surface area contributed by atoms with E-state index in [0.717, 1.165) is 31.5 Å². The molecule has 0 radical (unpaired) electrons. The van der Waals surface area contributed by atoms with Crippen LogP contribution in [0.3, 0.4) is 0 Å². The molecule has 0 spiro atoms. The van der Waals surface area contributed by atoms with E-state index in [4.69, 9.17) is 0 Å². The van der Waals surface area contributed by atoms with Crippen molar-refractivity contribution in [2.75, 3.05) is 26.2 Å². The van der Waals surface area contributed by atoms with Gasteiger partial charge in [0.1, 0.15) is 0 Å². The number of carbonyl (C=O) groups is 1. The molecule has 2 saturated heterocycles. The lowest BCUT2D eigenvalue weighted by Crippen LogP contribution is -2.45. The van der Waals surface area contributed by atoms with E-state index in [2.05, 4.69) is 26.1 Å². The SMILES string of the molecule is CC1=C(C(=O)N2CC(C)CC(C)C2)NC2CC=C(S(=O)(=O)N3CCC(C)CC3)CC12. The monoisotopic (exact) mass is 435 g/mol. The van der Waals surface area contributed by atoms with E-state index in [-0.39, 0.29) is 17.9 Å². The zero-order chi connectivity index (χ0) is 21.6. The van der Waals surface area contributed by atoms with Crippen LogP contribution in [-0.4, -0.2) is 55.8 Å². The highest BCUT2D eigenvalue weighted by molar-refractivity contribution is 7.93. The molecule has 1 amide bonds. The first kappa shape index (κ1) is 21.9. The Labute approximate surface area is 181 Å². The maximum atomic E-state index is 13.3. The van der Waals surface area contributed by atoms with Crippen molar-refractivity contribution in [1.82, 2.24) is 14.5 Å². The molecular weight excluding hydrogens is 398 g/mol. The van der Waals surface area contributed by atoms with Crippen LogP contribution in [0, 0.1) is 23.7 Å². The number of hydrogen-bond donors (Lipinski definition) is 1. The first-order valence-corrected chi connectivity index (χ1v) is 13.1.